The monoisotopic (exact) mass is 279 g/mol. The van der Waals surface area contributed by atoms with Crippen LogP contribution in [0.3, 0.4) is 0 Å². The molecule has 1 N–H and O–H groups in total. The molecule has 0 saturated carbocycles. The molecule has 0 radical (unpaired) electrons. The van der Waals surface area contributed by atoms with Gasteiger partial charge >= 0.3 is 0 Å². The molecule has 1 fully saturated rings. The second kappa shape index (κ2) is 7.07. The van der Waals surface area contributed by atoms with Gasteiger partial charge in [-0.25, -0.2) is 0 Å². The highest BCUT2D eigenvalue weighted by Gasteiger charge is 2.20. The third kappa shape index (κ3) is 3.95. The number of hydrogen-bond acceptors (Lipinski definition) is 4. The quantitative estimate of drug-likeness (QED) is 0.897. The third-order valence-electron chi connectivity index (χ3n) is 3.71. The van der Waals surface area contributed by atoms with E-state index in [1.807, 2.05) is 25.1 Å². The van der Waals surface area contributed by atoms with Crippen molar-refractivity contribution in [2.75, 3.05) is 32.8 Å². The minimum absolute atomic E-state index is 0.104. The molecule has 2 rings (SSSR count). The number of hydrogen-bond donors (Lipinski definition) is 1. The standard InChI is InChI=1S/C16H25NO3/c1-4-17-7-8-19-14(10-17)11-20-16-6-5-12(2)9-15(16)13(3)18/h5-6,9,13-14,18H,4,7-8,10-11H2,1-3H3/t13-,14?/m0/s1. The molecular formula is C16H25NO3. The van der Waals surface area contributed by atoms with Crippen molar-refractivity contribution in [2.45, 2.75) is 33.0 Å². The second-order valence-electron chi connectivity index (χ2n) is 5.41. The van der Waals surface area contributed by atoms with Gasteiger partial charge in [-0.2, -0.15) is 0 Å². The van der Waals surface area contributed by atoms with E-state index in [0.29, 0.717) is 6.61 Å². The Morgan fingerprint density at radius 1 is 1.50 bits per heavy atom. The molecule has 1 aromatic rings. The van der Waals surface area contributed by atoms with Crippen LogP contribution in [0.4, 0.5) is 0 Å². The number of ether oxygens (including phenoxy) is 2. The van der Waals surface area contributed by atoms with Gasteiger partial charge < -0.3 is 14.6 Å². The van der Waals surface area contributed by atoms with Crippen molar-refractivity contribution in [1.29, 1.82) is 0 Å². The van der Waals surface area contributed by atoms with Crippen molar-refractivity contribution in [1.82, 2.24) is 4.90 Å². The predicted octanol–water partition coefficient (Wildman–Crippen LogP) is 2.15. The number of rotatable bonds is 5. The average Bonchev–Trinajstić information content (AvgIpc) is 2.46. The summed E-state index contributed by atoms with van der Waals surface area (Å²) in [4.78, 5) is 2.36. The zero-order valence-electron chi connectivity index (χ0n) is 12.6. The Hall–Kier alpha value is -1.10. The minimum atomic E-state index is -0.524. The van der Waals surface area contributed by atoms with Crippen LogP contribution >= 0.6 is 0 Å². The van der Waals surface area contributed by atoms with Crippen molar-refractivity contribution < 1.29 is 14.6 Å². The Morgan fingerprint density at radius 3 is 3.00 bits per heavy atom. The van der Waals surface area contributed by atoms with Crippen LogP contribution in [-0.4, -0.2) is 49.0 Å². The first-order chi connectivity index (χ1) is 9.60. The molecule has 0 aromatic heterocycles. The molecule has 4 heteroatoms. The Labute approximate surface area is 121 Å². The molecule has 0 amide bonds. The Balaban J connectivity index is 1.96. The fourth-order valence-corrected chi connectivity index (χ4v) is 2.48. The minimum Gasteiger partial charge on any atom is -0.490 e. The third-order valence-corrected chi connectivity index (χ3v) is 3.71. The van der Waals surface area contributed by atoms with Gasteiger partial charge in [0.2, 0.25) is 0 Å². The van der Waals surface area contributed by atoms with Gasteiger partial charge in [-0.05, 0) is 32.5 Å². The van der Waals surface area contributed by atoms with Crippen molar-refractivity contribution >= 4 is 0 Å². The summed E-state index contributed by atoms with van der Waals surface area (Å²) in [6.07, 6.45) is -0.420. The highest BCUT2D eigenvalue weighted by atomic mass is 16.5. The molecule has 1 saturated heterocycles. The van der Waals surface area contributed by atoms with Crippen LogP contribution in [0.1, 0.15) is 31.1 Å². The number of benzene rings is 1. The maximum atomic E-state index is 9.83. The summed E-state index contributed by atoms with van der Waals surface area (Å²) in [5.74, 6) is 0.753. The summed E-state index contributed by atoms with van der Waals surface area (Å²) >= 11 is 0. The molecule has 0 spiro atoms. The molecule has 20 heavy (non-hydrogen) atoms. The van der Waals surface area contributed by atoms with Crippen molar-refractivity contribution in [3.8, 4) is 5.75 Å². The lowest BCUT2D eigenvalue weighted by molar-refractivity contribution is -0.0467. The Bertz CT molecular complexity index is 434. The molecule has 4 nitrogen and oxygen atoms in total. The molecule has 112 valence electrons. The van der Waals surface area contributed by atoms with Crippen LogP contribution in [0.25, 0.3) is 0 Å². The summed E-state index contributed by atoms with van der Waals surface area (Å²) < 4.78 is 11.6. The van der Waals surface area contributed by atoms with Crippen LogP contribution in [0.15, 0.2) is 18.2 Å². The van der Waals surface area contributed by atoms with E-state index in [4.69, 9.17) is 9.47 Å². The van der Waals surface area contributed by atoms with E-state index in [2.05, 4.69) is 11.8 Å². The number of likely N-dealkylation sites (N-methyl/N-ethyl adjacent to an activating group) is 1. The SMILES string of the molecule is CCN1CCOC(COc2ccc(C)cc2[C@H](C)O)C1. The molecule has 1 unspecified atom stereocenters. The van der Waals surface area contributed by atoms with E-state index in [0.717, 1.165) is 43.1 Å². The maximum Gasteiger partial charge on any atom is 0.125 e. The molecule has 1 aromatic carbocycles. The fourth-order valence-electron chi connectivity index (χ4n) is 2.48. The predicted molar refractivity (Wildman–Crippen MR) is 79.2 cm³/mol. The largest absolute Gasteiger partial charge is 0.490 e. The van der Waals surface area contributed by atoms with E-state index < -0.39 is 6.10 Å². The highest BCUT2D eigenvalue weighted by Crippen LogP contribution is 2.26. The van der Waals surface area contributed by atoms with Crippen LogP contribution in [0.5, 0.6) is 5.75 Å². The molecule has 2 atom stereocenters. The van der Waals surface area contributed by atoms with Crippen molar-refractivity contribution in [3.05, 3.63) is 29.3 Å². The number of aliphatic hydroxyl groups excluding tert-OH is 1. The summed E-state index contributed by atoms with van der Waals surface area (Å²) in [5.41, 5.74) is 1.97. The summed E-state index contributed by atoms with van der Waals surface area (Å²) in [6, 6.07) is 5.90. The smallest absolute Gasteiger partial charge is 0.125 e. The van der Waals surface area contributed by atoms with Crippen LogP contribution < -0.4 is 4.74 Å². The van der Waals surface area contributed by atoms with Gasteiger partial charge in [0.05, 0.1) is 12.7 Å². The molecule has 1 aliphatic rings. The number of aryl methyl sites for hydroxylation is 1. The molecule has 0 aliphatic carbocycles. The summed E-state index contributed by atoms with van der Waals surface area (Å²) in [5, 5.41) is 9.83. The van der Waals surface area contributed by atoms with Crippen LogP contribution in [-0.2, 0) is 4.74 Å². The number of nitrogens with zero attached hydrogens (tertiary/aromatic N) is 1. The van der Waals surface area contributed by atoms with Gasteiger partial charge in [0.15, 0.2) is 0 Å². The molecule has 1 aliphatic heterocycles. The first-order valence-corrected chi connectivity index (χ1v) is 7.35. The Kier molecular flexibility index (Phi) is 5.40. The zero-order valence-corrected chi connectivity index (χ0v) is 12.6. The lowest BCUT2D eigenvalue weighted by atomic mass is 10.1. The second-order valence-corrected chi connectivity index (χ2v) is 5.41. The van der Waals surface area contributed by atoms with Gasteiger partial charge in [0.25, 0.3) is 0 Å². The number of aliphatic hydroxyl groups is 1. The normalized spacial score (nSPS) is 21.7. The lowest BCUT2D eigenvalue weighted by Gasteiger charge is -2.32. The topological polar surface area (TPSA) is 41.9 Å². The van der Waals surface area contributed by atoms with Crippen LogP contribution in [0.2, 0.25) is 0 Å². The lowest BCUT2D eigenvalue weighted by Crippen LogP contribution is -2.44. The molecule has 0 bridgehead atoms. The fraction of sp³-hybridized carbons (Fsp3) is 0.625. The van der Waals surface area contributed by atoms with Gasteiger partial charge in [-0.1, -0.05) is 18.6 Å². The molecular weight excluding hydrogens is 254 g/mol. The van der Waals surface area contributed by atoms with Gasteiger partial charge in [-0.3, -0.25) is 4.90 Å². The van der Waals surface area contributed by atoms with Gasteiger partial charge in [0, 0.05) is 18.7 Å². The van der Waals surface area contributed by atoms with E-state index in [-0.39, 0.29) is 6.10 Å². The van der Waals surface area contributed by atoms with E-state index >= 15 is 0 Å². The van der Waals surface area contributed by atoms with Gasteiger partial charge in [0.1, 0.15) is 18.5 Å². The molecule has 1 heterocycles. The summed E-state index contributed by atoms with van der Waals surface area (Å²) in [7, 11) is 0. The average molecular weight is 279 g/mol. The van der Waals surface area contributed by atoms with E-state index in [1.165, 1.54) is 0 Å². The van der Waals surface area contributed by atoms with E-state index in [1.54, 1.807) is 6.92 Å². The maximum absolute atomic E-state index is 9.83. The van der Waals surface area contributed by atoms with Crippen molar-refractivity contribution in [2.24, 2.45) is 0 Å². The number of morpholine rings is 1. The first kappa shape index (κ1) is 15.3. The Morgan fingerprint density at radius 2 is 2.30 bits per heavy atom. The van der Waals surface area contributed by atoms with Gasteiger partial charge in [-0.15, -0.1) is 0 Å². The summed E-state index contributed by atoms with van der Waals surface area (Å²) in [6.45, 7) is 10.2. The first-order valence-electron chi connectivity index (χ1n) is 7.35. The highest BCUT2D eigenvalue weighted by molar-refractivity contribution is 5.38. The van der Waals surface area contributed by atoms with E-state index in [9.17, 15) is 5.11 Å². The zero-order chi connectivity index (χ0) is 14.5. The van der Waals surface area contributed by atoms with Crippen molar-refractivity contribution in [3.63, 3.8) is 0 Å². The van der Waals surface area contributed by atoms with Crippen LogP contribution in [0, 0.1) is 6.92 Å².